The molecule has 2 N–H and O–H groups in total. The van der Waals surface area contributed by atoms with Gasteiger partial charge in [-0.25, -0.2) is 13.5 Å². The Labute approximate surface area is 188 Å². The first kappa shape index (κ1) is 21.6. The molecule has 12 heteroatoms. The minimum Gasteiger partial charge on any atom is -0.431 e. The van der Waals surface area contributed by atoms with E-state index in [0.29, 0.717) is 4.31 Å². The minimum absolute atomic E-state index is 0.0470. The lowest BCUT2D eigenvalue weighted by atomic mass is 9.98. The average Bonchev–Trinajstić information content (AvgIpc) is 3.49. The molecule has 32 heavy (non-hydrogen) atoms. The molecule has 5 rings (SSSR count). The normalized spacial score (nSPS) is 19.7. The van der Waals surface area contributed by atoms with Crippen LogP contribution in [0.4, 0.5) is 20.5 Å². The van der Waals surface area contributed by atoms with Crippen molar-refractivity contribution in [3.8, 4) is 0 Å². The lowest BCUT2D eigenvalue weighted by Gasteiger charge is -2.17. The van der Waals surface area contributed by atoms with Gasteiger partial charge in [0.05, 0.1) is 6.54 Å². The summed E-state index contributed by atoms with van der Waals surface area (Å²) in [5.41, 5.74) is 5.13. The van der Waals surface area contributed by atoms with Crippen molar-refractivity contribution in [1.82, 2.24) is 14.0 Å². The number of fused-ring (bicyclic) bond motifs is 2. The maximum Gasteiger partial charge on any atom is 0.304 e. The number of alkyl halides is 2. The van der Waals surface area contributed by atoms with Crippen LogP contribution in [0.5, 0.6) is 0 Å². The van der Waals surface area contributed by atoms with E-state index in [4.69, 9.17) is 16.0 Å². The number of oxazole rings is 1. The lowest BCUT2D eigenvalue weighted by molar-refractivity contribution is 0.0182. The molecule has 2 heterocycles. The van der Waals surface area contributed by atoms with E-state index in [1.807, 2.05) is 0 Å². The van der Waals surface area contributed by atoms with Crippen LogP contribution in [-0.2, 0) is 35.9 Å². The zero-order valence-corrected chi connectivity index (χ0v) is 18.6. The van der Waals surface area contributed by atoms with E-state index in [9.17, 15) is 22.0 Å². The van der Waals surface area contributed by atoms with Crippen LogP contribution >= 0.6 is 11.6 Å². The summed E-state index contributed by atoms with van der Waals surface area (Å²) in [6.45, 7) is -1.33. The standard InChI is InChI=1S/C20H21ClF2N4O4S/c21-16-11-3-1-5-13(11)17(14-6-2-4-12(14)16)25-19-24-15(9-31-19)18(28)26-32(29,30)27-8-7-20(22,23)10-27/h9H,1-8,10H2,(H,24,25)(H,26,28). The summed E-state index contributed by atoms with van der Waals surface area (Å²) in [6, 6.07) is 0.0470. The van der Waals surface area contributed by atoms with Crippen LogP contribution in [0.25, 0.3) is 0 Å². The van der Waals surface area contributed by atoms with Crippen molar-refractivity contribution >= 4 is 39.4 Å². The van der Waals surface area contributed by atoms with Crippen molar-refractivity contribution in [3.05, 3.63) is 39.2 Å². The van der Waals surface area contributed by atoms with Crippen molar-refractivity contribution in [2.24, 2.45) is 0 Å². The van der Waals surface area contributed by atoms with Gasteiger partial charge in [0.15, 0.2) is 5.69 Å². The van der Waals surface area contributed by atoms with Gasteiger partial charge in [-0.3, -0.25) is 4.79 Å². The maximum absolute atomic E-state index is 13.3. The van der Waals surface area contributed by atoms with Gasteiger partial charge in [-0.2, -0.15) is 17.7 Å². The monoisotopic (exact) mass is 486 g/mol. The number of hydrogen-bond acceptors (Lipinski definition) is 6. The third-order valence-corrected chi connectivity index (χ3v) is 8.13. The molecular weight excluding hydrogens is 466 g/mol. The van der Waals surface area contributed by atoms with Crippen molar-refractivity contribution in [3.63, 3.8) is 0 Å². The summed E-state index contributed by atoms with van der Waals surface area (Å²) in [5.74, 6) is -4.16. The number of nitrogens with one attached hydrogen (secondary N) is 2. The molecule has 3 aliphatic rings. The molecule has 172 valence electrons. The second-order valence-electron chi connectivity index (χ2n) is 8.35. The Hall–Kier alpha value is -2.24. The highest BCUT2D eigenvalue weighted by Gasteiger charge is 2.44. The largest absolute Gasteiger partial charge is 0.431 e. The van der Waals surface area contributed by atoms with Crippen molar-refractivity contribution in [1.29, 1.82) is 0 Å². The fourth-order valence-electron chi connectivity index (χ4n) is 4.72. The van der Waals surface area contributed by atoms with Crippen LogP contribution in [-0.4, -0.2) is 42.6 Å². The molecule has 1 aliphatic heterocycles. The number of carbonyl (C=O) groups is 1. The SMILES string of the molecule is O=C(NS(=O)(=O)N1CCC(F)(F)C1)c1coc(Nc2c3c(c(Cl)c4c2CCC4)CCC3)n1. The second-order valence-corrected chi connectivity index (χ2v) is 10.4. The van der Waals surface area contributed by atoms with E-state index in [-0.39, 0.29) is 18.3 Å². The van der Waals surface area contributed by atoms with E-state index < -0.39 is 35.0 Å². The molecule has 0 spiro atoms. The Bertz CT molecular complexity index is 1180. The van der Waals surface area contributed by atoms with Gasteiger partial charge >= 0.3 is 10.2 Å². The molecule has 2 aliphatic carbocycles. The molecule has 1 amide bonds. The van der Waals surface area contributed by atoms with Crippen LogP contribution in [0.3, 0.4) is 0 Å². The molecule has 2 aromatic rings. The second kappa shape index (κ2) is 7.67. The first-order valence-electron chi connectivity index (χ1n) is 10.4. The fraction of sp³-hybridized carbons (Fsp3) is 0.500. The van der Waals surface area contributed by atoms with Gasteiger partial charge in [0, 0.05) is 23.7 Å². The zero-order chi connectivity index (χ0) is 22.7. The first-order valence-corrected chi connectivity index (χ1v) is 12.2. The number of amides is 1. The Balaban J connectivity index is 1.35. The number of hydrogen-bond donors (Lipinski definition) is 2. The number of benzene rings is 1. The van der Waals surface area contributed by atoms with Crippen LogP contribution in [0, 0.1) is 0 Å². The number of aromatic nitrogens is 1. The van der Waals surface area contributed by atoms with E-state index in [2.05, 4.69) is 10.3 Å². The molecular formula is C20H21ClF2N4O4S. The molecule has 0 radical (unpaired) electrons. The summed E-state index contributed by atoms with van der Waals surface area (Å²) >= 11 is 6.63. The highest BCUT2D eigenvalue weighted by Crippen LogP contribution is 2.44. The van der Waals surface area contributed by atoms with Gasteiger partial charge in [-0.05, 0) is 60.8 Å². The highest BCUT2D eigenvalue weighted by atomic mass is 35.5. The van der Waals surface area contributed by atoms with Gasteiger partial charge in [0.1, 0.15) is 6.26 Å². The van der Waals surface area contributed by atoms with Crippen LogP contribution < -0.4 is 10.0 Å². The number of nitrogens with zero attached hydrogens (tertiary/aromatic N) is 2. The Morgan fingerprint density at radius 1 is 1.12 bits per heavy atom. The third kappa shape index (κ3) is 3.75. The fourth-order valence-corrected chi connectivity index (χ4v) is 6.30. The van der Waals surface area contributed by atoms with Crippen molar-refractivity contribution in [2.75, 3.05) is 18.4 Å². The molecule has 0 unspecified atom stereocenters. The predicted molar refractivity (Wildman–Crippen MR) is 113 cm³/mol. The van der Waals surface area contributed by atoms with Gasteiger partial charge < -0.3 is 9.73 Å². The van der Waals surface area contributed by atoms with E-state index in [1.54, 1.807) is 4.72 Å². The maximum atomic E-state index is 13.3. The van der Waals surface area contributed by atoms with Crippen molar-refractivity contribution in [2.45, 2.75) is 50.9 Å². The summed E-state index contributed by atoms with van der Waals surface area (Å²) in [4.78, 5) is 16.5. The average molecular weight is 487 g/mol. The van der Waals surface area contributed by atoms with Crippen LogP contribution in [0.15, 0.2) is 10.7 Å². The summed E-state index contributed by atoms with van der Waals surface area (Å²) in [6.07, 6.45) is 6.00. The van der Waals surface area contributed by atoms with Gasteiger partial charge in [0.2, 0.25) is 0 Å². The lowest BCUT2D eigenvalue weighted by Crippen LogP contribution is -2.43. The van der Waals surface area contributed by atoms with Crippen molar-refractivity contribution < 1.29 is 26.4 Å². The summed E-state index contributed by atoms with van der Waals surface area (Å²) in [7, 11) is -4.41. The Morgan fingerprint density at radius 2 is 1.75 bits per heavy atom. The number of anilines is 2. The Morgan fingerprint density at radius 3 is 2.34 bits per heavy atom. The number of rotatable bonds is 5. The van der Waals surface area contributed by atoms with Gasteiger partial charge in [0.25, 0.3) is 17.8 Å². The van der Waals surface area contributed by atoms with E-state index >= 15 is 0 Å². The quantitative estimate of drug-likeness (QED) is 0.671. The predicted octanol–water partition coefficient (Wildman–Crippen LogP) is 3.36. The molecule has 1 aromatic heterocycles. The van der Waals surface area contributed by atoms with Gasteiger partial charge in [-0.15, -0.1) is 0 Å². The molecule has 0 saturated carbocycles. The summed E-state index contributed by atoms with van der Waals surface area (Å²) < 4.78 is 58.9. The number of halogens is 3. The van der Waals surface area contributed by atoms with Gasteiger partial charge in [-0.1, -0.05) is 11.6 Å². The molecule has 0 bridgehead atoms. The number of carbonyl (C=O) groups excluding carboxylic acids is 1. The highest BCUT2D eigenvalue weighted by molar-refractivity contribution is 7.87. The summed E-state index contributed by atoms with van der Waals surface area (Å²) in [5, 5.41) is 4.01. The molecule has 0 atom stereocenters. The topological polar surface area (TPSA) is 105 Å². The first-order chi connectivity index (χ1) is 15.1. The van der Waals surface area contributed by atoms with E-state index in [0.717, 1.165) is 77.8 Å². The third-order valence-electron chi connectivity index (χ3n) is 6.23. The molecule has 1 fully saturated rings. The van der Waals surface area contributed by atoms with Crippen LogP contribution in [0.1, 0.15) is 52.0 Å². The zero-order valence-electron chi connectivity index (χ0n) is 17.0. The smallest absolute Gasteiger partial charge is 0.304 e. The molecule has 1 saturated heterocycles. The Kier molecular flexibility index (Phi) is 5.18. The van der Waals surface area contributed by atoms with E-state index in [1.165, 1.54) is 0 Å². The minimum atomic E-state index is -4.41. The van der Waals surface area contributed by atoms with Crippen LogP contribution in [0.2, 0.25) is 5.02 Å². The molecule has 1 aromatic carbocycles. The molecule has 8 nitrogen and oxygen atoms in total.